The minimum absolute atomic E-state index is 0.343. The summed E-state index contributed by atoms with van der Waals surface area (Å²) in [6.07, 6.45) is 2.67. The van der Waals surface area contributed by atoms with Gasteiger partial charge in [0.25, 0.3) is 0 Å². The number of carboxylic acid groups (broad SMARTS) is 2. The molecule has 0 radical (unpaired) electrons. The second-order valence-corrected chi connectivity index (χ2v) is 9.99. The van der Waals surface area contributed by atoms with Crippen LogP contribution in [-0.2, 0) is 9.59 Å². The van der Waals surface area contributed by atoms with Crippen molar-refractivity contribution >= 4 is 58.2 Å². The highest BCUT2D eigenvalue weighted by Crippen LogP contribution is 2.39. The number of carbonyl (C=O) groups is 2. The summed E-state index contributed by atoms with van der Waals surface area (Å²) in [5.74, 6) is -2.55. The summed E-state index contributed by atoms with van der Waals surface area (Å²) in [6, 6.07) is 45.7. The van der Waals surface area contributed by atoms with Gasteiger partial charge in [-0.25, -0.2) is 9.59 Å². The summed E-state index contributed by atoms with van der Waals surface area (Å²) in [6.45, 7) is 0. The molecule has 0 aliphatic heterocycles. The van der Waals surface area contributed by atoms with E-state index in [4.69, 9.17) is 10.5 Å². The predicted octanol–water partition coefficient (Wildman–Crippen LogP) is 8.61. The Labute approximate surface area is 265 Å². The molecule has 222 valence electrons. The second kappa shape index (κ2) is 14.0. The Kier molecular flexibility index (Phi) is 9.33. The molecule has 0 aliphatic carbocycles. The third-order valence-corrected chi connectivity index (χ3v) is 7.02. The predicted molar refractivity (Wildman–Crippen MR) is 178 cm³/mol. The molecule has 46 heavy (non-hydrogen) atoms. The first kappa shape index (κ1) is 30.6. The quantitative estimate of drug-likeness (QED) is 0.120. The Morgan fingerprint density at radius 1 is 0.457 bits per heavy atom. The number of para-hydroxylation sites is 2. The Hall–Kier alpha value is -6.90. The highest BCUT2D eigenvalue weighted by molar-refractivity contribution is 5.97. The van der Waals surface area contributed by atoms with Gasteiger partial charge in [-0.2, -0.15) is 10.5 Å². The van der Waals surface area contributed by atoms with Crippen molar-refractivity contribution in [3.63, 3.8) is 0 Å². The summed E-state index contributed by atoms with van der Waals surface area (Å²) in [5.41, 5.74) is 5.79. The molecule has 0 atom stereocenters. The van der Waals surface area contributed by atoms with Gasteiger partial charge in [0.1, 0.15) is 23.3 Å². The summed E-state index contributed by atoms with van der Waals surface area (Å²) >= 11 is 0. The van der Waals surface area contributed by atoms with Gasteiger partial charge < -0.3 is 20.0 Å². The number of carboxylic acids is 2. The standard InChI is InChI=1S/C38H26N4O4/c39-25-29(37(43)44)23-27-11-15-33(16-12-27)41(31-7-3-1-4-8-31)35-19-21-36(22-20-35)42(32-9-5-2-6-10-32)34-17-13-28(14-18-34)24-30(26-40)38(45)46/h1-24H,(H,43,44)(H,45,46)/b29-23-,30-24+. The first-order valence-electron chi connectivity index (χ1n) is 14.1. The maximum absolute atomic E-state index is 11.3. The van der Waals surface area contributed by atoms with Crippen LogP contribution in [0.15, 0.2) is 145 Å². The first-order valence-corrected chi connectivity index (χ1v) is 14.1. The fourth-order valence-electron chi connectivity index (χ4n) is 4.86. The van der Waals surface area contributed by atoms with Gasteiger partial charge >= 0.3 is 11.9 Å². The van der Waals surface area contributed by atoms with Crippen molar-refractivity contribution < 1.29 is 19.8 Å². The van der Waals surface area contributed by atoms with E-state index in [2.05, 4.69) is 9.80 Å². The Bertz CT molecular complexity index is 1840. The maximum Gasteiger partial charge on any atom is 0.346 e. The van der Waals surface area contributed by atoms with Crippen LogP contribution in [0.5, 0.6) is 0 Å². The number of nitrogens with zero attached hydrogens (tertiary/aromatic N) is 4. The lowest BCUT2D eigenvalue weighted by Gasteiger charge is -2.28. The van der Waals surface area contributed by atoms with Crippen LogP contribution < -0.4 is 9.80 Å². The average molecular weight is 603 g/mol. The Morgan fingerprint density at radius 3 is 0.978 bits per heavy atom. The van der Waals surface area contributed by atoms with Crippen molar-refractivity contribution in [1.29, 1.82) is 10.5 Å². The fraction of sp³-hybridized carbons (Fsp3) is 0. The molecule has 8 heteroatoms. The van der Waals surface area contributed by atoms with E-state index in [-0.39, 0.29) is 11.1 Å². The van der Waals surface area contributed by atoms with Crippen molar-refractivity contribution in [2.24, 2.45) is 0 Å². The van der Waals surface area contributed by atoms with Crippen LogP contribution in [0.3, 0.4) is 0 Å². The fourth-order valence-corrected chi connectivity index (χ4v) is 4.86. The molecule has 0 spiro atoms. The summed E-state index contributed by atoms with van der Waals surface area (Å²) in [4.78, 5) is 26.7. The number of hydrogen-bond donors (Lipinski definition) is 2. The Morgan fingerprint density at radius 2 is 0.717 bits per heavy atom. The number of anilines is 6. The largest absolute Gasteiger partial charge is 0.477 e. The molecule has 5 rings (SSSR count). The summed E-state index contributed by atoms with van der Waals surface area (Å²) in [5, 5.41) is 36.7. The molecular weight excluding hydrogens is 576 g/mol. The number of nitriles is 2. The lowest BCUT2D eigenvalue weighted by Crippen LogP contribution is -2.12. The highest BCUT2D eigenvalue weighted by Gasteiger charge is 2.16. The van der Waals surface area contributed by atoms with Crippen LogP contribution in [0.4, 0.5) is 34.1 Å². The molecule has 0 fully saturated rings. The van der Waals surface area contributed by atoms with E-state index >= 15 is 0 Å². The van der Waals surface area contributed by atoms with E-state index in [0.717, 1.165) is 34.1 Å². The second-order valence-electron chi connectivity index (χ2n) is 9.99. The summed E-state index contributed by atoms with van der Waals surface area (Å²) < 4.78 is 0. The molecule has 0 amide bonds. The van der Waals surface area contributed by atoms with Crippen molar-refractivity contribution in [1.82, 2.24) is 0 Å². The van der Waals surface area contributed by atoms with E-state index in [1.807, 2.05) is 109 Å². The first-order chi connectivity index (χ1) is 22.4. The molecule has 5 aromatic rings. The van der Waals surface area contributed by atoms with Gasteiger partial charge in [0.05, 0.1) is 0 Å². The van der Waals surface area contributed by atoms with E-state index < -0.39 is 11.9 Å². The van der Waals surface area contributed by atoms with Gasteiger partial charge in [0.15, 0.2) is 0 Å². The topological polar surface area (TPSA) is 129 Å². The van der Waals surface area contributed by atoms with Crippen molar-refractivity contribution in [2.45, 2.75) is 0 Å². The number of aliphatic carboxylic acids is 2. The van der Waals surface area contributed by atoms with Crippen LogP contribution in [0.25, 0.3) is 12.2 Å². The third-order valence-electron chi connectivity index (χ3n) is 7.02. The number of hydrogen-bond acceptors (Lipinski definition) is 6. The van der Waals surface area contributed by atoms with Crippen molar-refractivity contribution in [2.75, 3.05) is 9.80 Å². The smallest absolute Gasteiger partial charge is 0.346 e. The maximum atomic E-state index is 11.3. The number of rotatable bonds is 10. The van der Waals surface area contributed by atoms with Crippen molar-refractivity contribution in [3.8, 4) is 12.1 Å². The monoisotopic (exact) mass is 602 g/mol. The zero-order valence-electron chi connectivity index (χ0n) is 24.4. The lowest BCUT2D eigenvalue weighted by molar-refractivity contribution is -0.133. The van der Waals surface area contributed by atoms with E-state index in [1.165, 1.54) is 12.2 Å². The molecular formula is C38H26N4O4. The van der Waals surface area contributed by atoms with Crippen LogP contribution in [0.1, 0.15) is 11.1 Å². The van der Waals surface area contributed by atoms with Gasteiger partial charge in [-0.15, -0.1) is 0 Å². The SMILES string of the molecule is N#C/C(=C/c1ccc(N(c2ccccc2)c2ccc(N(c3ccccc3)c3ccc(/C=C(\C#N)C(=O)O)cc3)cc2)cc1)C(=O)O. The molecule has 0 heterocycles. The molecule has 0 bridgehead atoms. The van der Waals surface area contributed by atoms with Gasteiger partial charge in [0.2, 0.25) is 0 Å². The van der Waals surface area contributed by atoms with Crippen LogP contribution in [0, 0.1) is 22.7 Å². The van der Waals surface area contributed by atoms with Crippen molar-refractivity contribution in [3.05, 3.63) is 156 Å². The zero-order valence-corrected chi connectivity index (χ0v) is 24.4. The van der Waals surface area contributed by atoms with Crippen LogP contribution in [0.2, 0.25) is 0 Å². The molecule has 0 aliphatic rings. The molecule has 8 nitrogen and oxygen atoms in total. The normalized spacial score (nSPS) is 11.2. The van der Waals surface area contributed by atoms with Crippen LogP contribution >= 0.6 is 0 Å². The van der Waals surface area contributed by atoms with Gasteiger partial charge in [-0.3, -0.25) is 0 Å². The molecule has 0 saturated carbocycles. The average Bonchev–Trinajstić information content (AvgIpc) is 3.09. The highest BCUT2D eigenvalue weighted by atomic mass is 16.4. The lowest BCUT2D eigenvalue weighted by atomic mass is 10.1. The molecule has 0 unspecified atom stereocenters. The Balaban J connectivity index is 1.52. The number of benzene rings is 5. The third kappa shape index (κ3) is 7.00. The molecule has 2 N–H and O–H groups in total. The van der Waals surface area contributed by atoms with E-state index in [0.29, 0.717) is 11.1 Å². The van der Waals surface area contributed by atoms with Gasteiger partial charge in [-0.05, 0) is 96.1 Å². The molecule has 5 aromatic carbocycles. The van der Waals surface area contributed by atoms with E-state index in [1.54, 1.807) is 36.4 Å². The van der Waals surface area contributed by atoms with Crippen LogP contribution in [-0.4, -0.2) is 22.2 Å². The van der Waals surface area contributed by atoms with Gasteiger partial charge in [-0.1, -0.05) is 60.7 Å². The minimum atomic E-state index is -1.28. The van der Waals surface area contributed by atoms with Gasteiger partial charge in [0, 0.05) is 34.1 Å². The minimum Gasteiger partial charge on any atom is -0.477 e. The summed E-state index contributed by atoms with van der Waals surface area (Å²) in [7, 11) is 0. The molecule has 0 aromatic heterocycles. The molecule has 0 saturated heterocycles. The zero-order chi connectivity index (χ0) is 32.5. The van der Waals surface area contributed by atoms with E-state index in [9.17, 15) is 19.8 Å².